The molecule has 0 aromatic carbocycles. The summed E-state index contributed by atoms with van der Waals surface area (Å²) in [6.07, 6.45) is -2.88. The Morgan fingerprint density at radius 1 is 1.44 bits per heavy atom. The number of thiazole rings is 1. The molecule has 1 amide bonds. The Kier molecular flexibility index (Phi) is 3.61. The van der Waals surface area contributed by atoms with E-state index in [-0.39, 0.29) is 4.88 Å². The fourth-order valence-electron chi connectivity index (χ4n) is 1.96. The van der Waals surface area contributed by atoms with Crippen LogP contribution < -0.4 is 0 Å². The van der Waals surface area contributed by atoms with Gasteiger partial charge in [0, 0.05) is 13.1 Å². The number of hydrogen-bond acceptors (Lipinski definition) is 3. The lowest BCUT2D eigenvalue weighted by molar-refractivity contribution is -0.141. The van der Waals surface area contributed by atoms with E-state index in [2.05, 4.69) is 11.9 Å². The van der Waals surface area contributed by atoms with Gasteiger partial charge in [0.05, 0.1) is 5.51 Å². The summed E-state index contributed by atoms with van der Waals surface area (Å²) in [6, 6.07) is 0. The van der Waals surface area contributed by atoms with Gasteiger partial charge in [0.2, 0.25) is 0 Å². The second kappa shape index (κ2) is 4.87. The molecule has 1 aromatic heterocycles. The van der Waals surface area contributed by atoms with Crippen LogP contribution in [0.4, 0.5) is 13.2 Å². The minimum atomic E-state index is -4.56. The quantitative estimate of drug-likeness (QED) is 0.791. The predicted octanol–water partition coefficient (Wildman–Crippen LogP) is 3.03. The summed E-state index contributed by atoms with van der Waals surface area (Å²) >= 11 is 0.757. The van der Waals surface area contributed by atoms with Gasteiger partial charge in [-0.3, -0.25) is 4.79 Å². The molecule has 3 nitrogen and oxygen atoms in total. The normalized spacial score (nSPS) is 18.1. The van der Waals surface area contributed by atoms with Crippen LogP contribution in [-0.2, 0) is 6.18 Å². The standard InChI is InChI=1S/C11H13F3N2OS/c1-7-2-4-16(5-3-7)10(17)8-9(11(12,13)14)15-6-18-8/h6-7H,2-5H2,1H3. The van der Waals surface area contributed by atoms with Crippen molar-refractivity contribution in [3.63, 3.8) is 0 Å². The van der Waals surface area contributed by atoms with E-state index in [1.54, 1.807) is 0 Å². The molecule has 0 atom stereocenters. The number of carbonyl (C=O) groups excluding carboxylic acids is 1. The Morgan fingerprint density at radius 2 is 2.06 bits per heavy atom. The van der Waals surface area contributed by atoms with Crippen LogP contribution in [0.5, 0.6) is 0 Å². The summed E-state index contributed by atoms with van der Waals surface area (Å²) in [5, 5.41) is 0. The topological polar surface area (TPSA) is 33.2 Å². The molecule has 1 saturated heterocycles. The van der Waals surface area contributed by atoms with Gasteiger partial charge >= 0.3 is 6.18 Å². The van der Waals surface area contributed by atoms with Crippen molar-refractivity contribution < 1.29 is 18.0 Å². The number of rotatable bonds is 1. The van der Waals surface area contributed by atoms with Gasteiger partial charge in [-0.05, 0) is 18.8 Å². The van der Waals surface area contributed by atoms with Crippen molar-refractivity contribution in [1.29, 1.82) is 0 Å². The van der Waals surface area contributed by atoms with E-state index in [4.69, 9.17) is 0 Å². The maximum atomic E-state index is 12.6. The molecular formula is C11H13F3N2OS. The highest BCUT2D eigenvalue weighted by Gasteiger charge is 2.39. The Balaban J connectivity index is 2.17. The first kappa shape index (κ1) is 13.3. The zero-order valence-corrected chi connectivity index (χ0v) is 10.6. The molecule has 2 rings (SSSR count). The maximum absolute atomic E-state index is 12.6. The summed E-state index contributed by atoms with van der Waals surface area (Å²) in [7, 11) is 0. The number of likely N-dealkylation sites (tertiary alicyclic amines) is 1. The summed E-state index contributed by atoms with van der Waals surface area (Å²) in [6.45, 7) is 3.13. The first-order chi connectivity index (χ1) is 8.39. The van der Waals surface area contributed by atoms with E-state index in [1.165, 1.54) is 4.90 Å². The molecule has 2 heterocycles. The van der Waals surface area contributed by atoms with E-state index >= 15 is 0 Å². The fourth-order valence-corrected chi connectivity index (χ4v) is 2.73. The third kappa shape index (κ3) is 2.66. The first-order valence-corrected chi connectivity index (χ1v) is 6.57. The Morgan fingerprint density at radius 3 is 2.61 bits per heavy atom. The van der Waals surface area contributed by atoms with Crippen molar-refractivity contribution in [2.24, 2.45) is 5.92 Å². The number of halogens is 3. The summed E-state index contributed by atoms with van der Waals surface area (Å²) in [5.74, 6) is -0.0191. The highest BCUT2D eigenvalue weighted by Crippen LogP contribution is 2.33. The third-order valence-corrected chi connectivity index (χ3v) is 3.92. The van der Waals surface area contributed by atoms with Gasteiger partial charge in [-0.2, -0.15) is 13.2 Å². The SMILES string of the molecule is CC1CCN(C(=O)c2scnc2C(F)(F)F)CC1. The van der Waals surface area contributed by atoms with Crippen molar-refractivity contribution in [1.82, 2.24) is 9.88 Å². The van der Waals surface area contributed by atoms with E-state index in [1.807, 2.05) is 0 Å². The Hall–Kier alpha value is -1.11. The summed E-state index contributed by atoms with van der Waals surface area (Å²) in [4.78, 5) is 16.5. The van der Waals surface area contributed by atoms with Crippen molar-refractivity contribution in [3.05, 3.63) is 16.1 Å². The number of nitrogens with zero attached hydrogens (tertiary/aromatic N) is 2. The van der Waals surface area contributed by atoms with E-state index in [9.17, 15) is 18.0 Å². The van der Waals surface area contributed by atoms with E-state index < -0.39 is 17.8 Å². The van der Waals surface area contributed by atoms with Crippen LogP contribution in [0.15, 0.2) is 5.51 Å². The Labute approximate surface area is 107 Å². The largest absolute Gasteiger partial charge is 0.434 e. The van der Waals surface area contributed by atoms with Crippen molar-refractivity contribution in [3.8, 4) is 0 Å². The highest BCUT2D eigenvalue weighted by atomic mass is 32.1. The monoisotopic (exact) mass is 278 g/mol. The lowest BCUT2D eigenvalue weighted by atomic mass is 9.99. The molecule has 0 bridgehead atoms. The van der Waals surface area contributed by atoms with Gasteiger partial charge in [-0.15, -0.1) is 11.3 Å². The number of aromatic nitrogens is 1. The lowest BCUT2D eigenvalue weighted by Gasteiger charge is -2.30. The van der Waals surface area contributed by atoms with Gasteiger partial charge in [-0.25, -0.2) is 4.98 Å². The molecule has 1 fully saturated rings. The number of hydrogen-bond donors (Lipinski definition) is 0. The molecule has 0 aliphatic carbocycles. The van der Waals surface area contributed by atoms with Crippen LogP contribution in [0.1, 0.15) is 35.1 Å². The van der Waals surface area contributed by atoms with Crippen LogP contribution in [0, 0.1) is 5.92 Å². The zero-order chi connectivity index (χ0) is 13.3. The molecular weight excluding hydrogens is 265 g/mol. The van der Waals surface area contributed by atoms with Crippen LogP contribution in [0.3, 0.4) is 0 Å². The highest BCUT2D eigenvalue weighted by molar-refractivity contribution is 7.11. The average Bonchev–Trinajstić information content (AvgIpc) is 2.77. The lowest BCUT2D eigenvalue weighted by Crippen LogP contribution is -2.38. The first-order valence-electron chi connectivity index (χ1n) is 5.69. The molecule has 0 radical (unpaired) electrons. The summed E-state index contributed by atoms with van der Waals surface area (Å²) < 4.78 is 37.9. The molecule has 7 heteroatoms. The molecule has 0 unspecified atom stereocenters. The van der Waals surface area contributed by atoms with Crippen LogP contribution >= 0.6 is 11.3 Å². The van der Waals surface area contributed by atoms with Crippen molar-refractivity contribution in [2.75, 3.05) is 13.1 Å². The molecule has 1 aliphatic rings. The molecule has 18 heavy (non-hydrogen) atoms. The van der Waals surface area contributed by atoms with Gasteiger partial charge in [0.25, 0.3) is 5.91 Å². The molecule has 100 valence electrons. The second-order valence-corrected chi connectivity index (χ2v) is 5.36. The van der Waals surface area contributed by atoms with Crippen LogP contribution in [0.25, 0.3) is 0 Å². The van der Waals surface area contributed by atoms with Crippen LogP contribution in [0.2, 0.25) is 0 Å². The van der Waals surface area contributed by atoms with Crippen molar-refractivity contribution in [2.45, 2.75) is 25.9 Å². The Bertz CT molecular complexity index is 436. The summed E-state index contributed by atoms with van der Waals surface area (Å²) in [5.41, 5.74) is 0.0129. The minimum Gasteiger partial charge on any atom is -0.338 e. The average molecular weight is 278 g/mol. The predicted molar refractivity (Wildman–Crippen MR) is 61.4 cm³/mol. The molecule has 1 aliphatic heterocycles. The molecule has 0 N–H and O–H groups in total. The van der Waals surface area contributed by atoms with Gasteiger partial charge in [-0.1, -0.05) is 6.92 Å². The fraction of sp³-hybridized carbons (Fsp3) is 0.636. The van der Waals surface area contributed by atoms with Gasteiger partial charge < -0.3 is 4.90 Å². The van der Waals surface area contributed by atoms with Gasteiger partial charge in [0.1, 0.15) is 4.88 Å². The maximum Gasteiger partial charge on any atom is 0.434 e. The molecule has 1 aromatic rings. The smallest absolute Gasteiger partial charge is 0.338 e. The van der Waals surface area contributed by atoms with Crippen LogP contribution in [-0.4, -0.2) is 28.9 Å². The van der Waals surface area contributed by atoms with E-state index in [0.29, 0.717) is 19.0 Å². The second-order valence-electron chi connectivity index (χ2n) is 4.50. The molecule has 0 spiro atoms. The number of amides is 1. The van der Waals surface area contributed by atoms with E-state index in [0.717, 1.165) is 29.7 Å². The zero-order valence-electron chi connectivity index (χ0n) is 9.83. The van der Waals surface area contributed by atoms with Crippen molar-refractivity contribution >= 4 is 17.2 Å². The number of carbonyl (C=O) groups is 1. The van der Waals surface area contributed by atoms with Gasteiger partial charge in [0.15, 0.2) is 5.69 Å². The number of alkyl halides is 3. The number of piperidine rings is 1. The third-order valence-electron chi connectivity index (χ3n) is 3.10. The minimum absolute atomic E-state index is 0.294. The molecule has 0 saturated carbocycles.